The Morgan fingerprint density at radius 2 is 1.58 bits per heavy atom. The summed E-state index contributed by atoms with van der Waals surface area (Å²) in [5, 5.41) is 16.3. The lowest BCUT2D eigenvalue weighted by Crippen LogP contribution is -2.25. The minimum atomic E-state index is -3.40. The summed E-state index contributed by atoms with van der Waals surface area (Å²) < 4.78 is 39.2. The van der Waals surface area contributed by atoms with Gasteiger partial charge in [-0.25, -0.2) is 13.4 Å². The molecule has 14 nitrogen and oxygen atoms in total. The Labute approximate surface area is 399 Å². The van der Waals surface area contributed by atoms with Crippen LogP contribution in [0.15, 0.2) is 94.9 Å². The zero-order chi connectivity index (χ0) is 48.1. The molecule has 354 valence electrons. The van der Waals surface area contributed by atoms with Gasteiger partial charge < -0.3 is 20.1 Å². The lowest BCUT2D eigenvalue weighted by Gasteiger charge is -2.21. The van der Waals surface area contributed by atoms with E-state index in [-0.39, 0.29) is 23.6 Å². The minimum absolute atomic E-state index is 0.0757. The number of aromatic nitrogens is 5. The van der Waals surface area contributed by atoms with Gasteiger partial charge in [-0.15, -0.1) is 21.5 Å². The van der Waals surface area contributed by atoms with Gasteiger partial charge in [0.25, 0.3) is 0 Å². The maximum atomic E-state index is 12.8. The van der Waals surface area contributed by atoms with Crippen molar-refractivity contribution in [3.63, 3.8) is 0 Å². The van der Waals surface area contributed by atoms with E-state index in [9.17, 15) is 13.2 Å². The highest BCUT2D eigenvalue weighted by Crippen LogP contribution is 2.40. The summed E-state index contributed by atoms with van der Waals surface area (Å²) in [5.74, 6) is 3.11. The second-order valence-corrected chi connectivity index (χ2v) is 22.5. The highest BCUT2D eigenvalue weighted by Gasteiger charge is 2.33. The molecule has 0 amide bonds. The fourth-order valence-corrected chi connectivity index (χ4v) is 11.0. The number of esters is 1. The molecule has 1 fully saturated rings. The first kappa shape index (κ1) is 48.9. The van der Waals surface area contributed by atoms with Crippen LogP contribution in [0.5, 0.6) is 5.75 Å². The topological polar surface area (TPSA) is 166 Å². The van der Waals surface area contributed by atoms with Gasteiger partial charge >= 0.3 is 5.97 Å². The molecule has 8 rings (SSSR count). The third kappa shape index (κ3) is 12.7. The zero-order valence-electron chi connectivity index (χ0n) is 40.3. The van der Waals surface area contributed by atoms with Gasteiger partial charge in [0.1, 0.15) is 40.6 Å². The number of nitrogens with one attached hydrogen (secondary N) is 2. The molecule has 67 heavy (non-hydrogen) atoms. The number of thiophene rings is 1. The fraction of sp³-hybridized carbons (Fsp3) is 0.412. The molecule has 0 bridgehead atoms. The standard InChI is InChI=1S/C28H37N5O3S.C23H26N4O2S/c1-21-19-29-27(31-22-10-12-24(13-11-22)36-17-16-33-14-5-6-15-33)32-26(21)30-23-8-7-9-25(18-23)37(34,35)20-28(2,3)4;1-13-14(2)30-22-19(13)20(16-10-8-7-9-11-16)24-17(12-18(28)29-23(4,5)6)21-26-25-15(3)27(21)22/h7-13,18-19H,5-6,14-17,20H2,1-4H3,(H2,29,30,31,32);7-11,17H,12H2,1-6H3/t;17-/m.0/s1. The van der Waals surface area contributed by atoms with E-state index in [1.165, 1.54) is 36.4 Å². The van der Waals surface area contributed by atoms with Crippen molar-refractivity contribution in [2.24, 2.45) is 10.4 Å². The number of nitrogens with zero attached hydrogens (tertiary/aromatic N) is 7. The Hall–Kier alpha value is -5.97. The number of aryl methyl sites for hydroxylation is 3. The number of aliphatic imine (C=N–C) groups is 1. The minimum Gasteiger partial charge on any atom is -0.492 e. The highest BCUT2D eigenvalue weighted by atomic mass is 32.2. The largest absolute Gasteiger partial charge is 0.492 e. The Balaban J connectivity index is 0.000000203. The van der Waals surface area contributed by atoms with Crippen LogP contribution in [-0.2, 0) is 19.4 Å². The molecule has 16 heteroatoms. The van der Waals surface area contributed by atoms with Gasteiger partial charge in [0.15, 0.2) is 15.7 Å². The van der Waals surface area contributed by atoms with E-state index in [1.54, 1.807) is 35.7 Å². The van der Waals surface area contributed by atoms with Crippen molar-refractivity contribution >= 4 is 56.0 Å². The first-order chi connectivity index (χ1) is 31.7. The number of hydrogen-bond donors (Lipinski definition) is 2. The Bertz CT molecular complexity index is 2820. The quantitative estimate of drug-likeness (QED) is 0.105. The molecule has 5 heterocycles. The van der Waals surface area contributed by atoms with Crippen molar-refractivity contribution in [3.05, 3.63) is 124 Å². The molecule has 1 atom stereocenters. The smallest absolute Gasteiger partial charge is 0.308 e. The van der Waals surface area contributed by atoms with Crippen LogP contribution in [0.3, 0.4) is 0 Å². The summed E-state index contributed by atoms with van der Waals surface area (Å²) in [4.78, 5) is 30.7. The van der Waals surface area contributed by atoms with Gasteiger partial charge in [-0.1, -0.05) is 57.2 Å². The number of likely N-dealkylation sites (tertiary alicyclic amines) is 1. The molecule has 3 aromatic heterocycles. The number of ether oxygens (including phenoxy) is 2. The highest BCUT2D eigenvalue weighted by molar-refractivity contribution is 7.91. The summed E-state index contributed by atoms with van der Waals surface area (Å²) in [6, 6.07) is 24.2. The molecule has 2 aliphatic heterocycles. The molecule has 0 aliphatic carbocycles. The molecule has 3 aromatic carbocycles. The zero-order valence-corrected chi connectivity index (χ0v) is 41.9. The van der Waals surface area contributed by atoms with Crippen molar-refractivity contribution in [1.82, 2.24) is 29.6 Å². The molecule has 1 saturated heterocycles. The molecular weight excluding hydrogens is 883 g/mol. The van der Waals surface area contributed by atoms with E-state index in [1.807, 2.05) is 104 Å². The van der Waals surface area contributed by atoms with Gasteiger partial charge in [-0.3, -0.25) is 19.3 Å². The van der Waals surface area contributed by atoms with Gasteiger partial charge in [-0.05, 0) is 128 Å². The normalized spacial score (nSPS) is 15.1. The van der Waals surface area contributed by atoms with Crippen LogP contribution in [0.1, 0.15) is 106 Å². The summed E-state index contributed by atoms with van der Waals surface area (Å²) in [5.41, 5.74) is 5.63. The Morgan fingerprint density at radius 3 is 2.27 bits per heavy atom. The van der Waals surface area contributed by atoms with E-state index in [4.69, 9.17) is 14.5 Å². The number of sulfone groups is 1. The number of benzene rings is 3. The fourth-order valence-electron chi connectivity index (χ4n) is 7.91. The monoisotopic (exact) mass is 945 g/mol. The SMILES string of the molecule is Cc1cnc(Nc2ccc(OCCN3CCCC3)cc2)nc1Nc1cccc(S(=O)(=O)CC(C)(C)C)c1.Cc1sc2c(c1C)C(c1ccccc1)=N[C@@H](CC(=O)OC(C)(C)C)c1nnc(C)n1-2. The van der Waals surface area contributed by atoms with Crippen LogP contribution in [0.4, 0.5) is 23.1 Å². The second kappa shape index (κ2) is 20.5. The number of fused-ring (bicyclic) bond motifs is 3. The molecule has 2 N–H and O–H groups in total. The van der Waals surface area contributed by atoms with Crippen LogP contribution in [-0.4, -0.2) is 87.3 Å². The number of anilines is 4. The van der Waals surface area contributed by atoms with Gasteiger partial charge in [-0.2, -0.15) is 4.98 Å². The van der Waals surface area contributed by atoms with Crippen LogP contribution in [0.25, 0.3) is 5.00 Å². The molecule has 0 saturated carbocycles. The average molecular weight is 946 g/mol. The van der Waals surface area contributed by atoms with Crippen molar-refractivity contribution in [1.29, 1.82) is 0 Å². The van der Waals surface area contributed by atoms with E-state index >= 15 is 0 Å². The van der Waals surface area contributed by atoms with Crippen LogP contribution < -0.4 is 15.4 Å². The average Bonchev–Trinajstić information content (AvgIpc) is 3.97. The van der Waals surface area contributed by atoms with Crippen LogP contribution >= 0.6 is 11.3 Å². The molecule has 0 radical (unpaired) electrons. The van der Waals surface area contributed by atoms with E-state index in [0.29, 0.717) is 34.8 Å². The molecule has 0 spiro atoms. The predicted octanol–water partition coefficient (Wildman–Crippen LogP) is 10.4. The molecule has 6 aromatic rings. The summed E-state index contributed by atoms with van der Waals surface area (Å²) in [6.45, 7) is 23.4. The third-order valence-corrected chi connectivity index (χ3v) is 14.5. The first-order valence-electron chi connectivity index (χ1n) is 22.8. The predicted molar refractivity (Wildman–Crippen MR) is 268 cm³/mol. The lowest BCUT2D eigenvalue weighted by molar-refractivity contribution is -0.155. The molecular formula is C51H63N9O5S2. The molecule has 2 aliphatic rings. The second-order valence-electron chi connectivity index (χ2n) is 19.3. The third-order valence-electron chi connectivity index (χ3n) is 11.1. The number of carbonyl (C=O) groups is 1. The van der Waals surface area contributed by atoms with Gasteiger partial charge in [0.2, 0.25) is 5.95 Å². The Morgan fingerprint density at radius 1 is 0.866 bits per heavy atom. The lowest BCUT2D eigenvalue weighted by atomic mass is 10.00. The maximum Gasteiger partial charge on any atom is 0.308 e. The van der Waals surface area contributed by atoms with E-state index < -0.39 is 21.5 Å². The van der Waals surface area contributed by atoms with E-state index in [2.05, 4.69) is 66.2 Å². The summed E-state index contributed by atoms with van der Waals surface area (Å²) in [6.07, 6.45) is 4.40. The molecule has 0 unspecified atom stereocenters. The number of hydrogen-bond acceptors (Lipinski definition) is 14. The summed E-state index contributed by atoms with van der Waals surface area (Å²) >= 11 is 1.71. The van der Waals surface area contributed by atoms with Gasteiger partial charge in [0, 0.05) is 45.7 Å². The first-order valence-corrected chi connectivity index (χ1v) is 25.2. The van der Waals surface area contributed by atoms with Gasteiger partial charge in [0.05, 0.1) is 22.8 Å². The van der Waals surface area contributed by atoms with Crippen LogP contribution in [0.2, 0.25) is 0 Å². The van der Waals surface area contributed by atoms with Crippen LogP contribution in [0, 0.1) is 33.1 Å². The number of rotatable bonds is 13. The van der Waals surface area contributed by atoms with Crippen molar-refractivity contribution in [2.45, 2.75) is 105 Å². The summed E-state index contributed by atoms with van der Waals surface area (Å²) in [7, 11) is -3.40. The van der Waals surface area contributed by atoms with Crippen molar-refractivity contribution in [2.75, 3.05) is 42.6 Å². The van der Waals surface area contributed by atoms with Crippen molar-refractivity contribution < 1.29 is 22.7 Å². The number of carbonyl (C=O) groups excluding carboxylic acids is 1. The maximum absolute atomic E-state index is 12.8. The van der Waals surface area contributed by atoms with Crippen molar-refractivity contribution in [3.8, 4) is 10.8 Å². The van der Waals surface area contributed by atoms with E-state index in [0.717, 1.165) is 51.2 Å². The Kier molecular flexibility index (Phi) is 15.0.